The fourth-order valence-electron chi connectivity index (χ4n) is 2.54. The summed E-state index contributed by atoms with van der Waals surface area (Å²) in [6, 6.07) is 9.92. The smallest absolute Gasteiger partial charge is 0.139 e. The molecule has 1 rings (SSSR count). The third-order valence-corrected chi connectivity index (χ3v) is 3.91. The molecule has 0 unspecified atom stereocenters. The first kappa shape index (κ1) is 18.9. The van der Waals surface area contributed by atoms with Gasteiger partial charge >= 0.3 is 0 Å². The number of carbonyl (C=O) groups is 1. The number of ether oxygens (including phenoxy) is 1. The molecule has 0 spiro atoms. The molecule has 1 aromatic rings. The van der Waals surface area contributed by atoms with Gasteiger partial charge in [0.2, 0.25) is 0 Å². The van der Waals surface area contributed by atoms with Gasteiger partial charge in [-0.05, 0) is 12.0 Å². The summed E-state index contributed by atoms with van der Waals surface area (Å²) < 4.78 is 5.57. The van der Waals surface area contributed by atoms with E-state index in [1.807, 2.05) is 30.3 Å². The maximum Gasteiger partial charge on any atom is 0.139 e. The Kier molecular flexibility index (Phi) is 11.6. The number of rotatable bonds is 14. The summed E-state index contributed by atoms with van der Waals surface area (Å²) in [5.41, 5.74) is 1.09. The molecule has 0 fully saturated rings. The monoisotopic (exact) mass is 304 g/mol. The lowest BCUT2D eigenvalue weighted by Gasteiger charge is -2.05. The highest BCUT2D eigenvalue weighted by atomic mass is 16.5. The highest BCUT2D eigenvalue weighted by Crippen LogP contribution is 2.08. The van der Waals surface area contributed by atoms with Crippen LogP contribution in [0, 0.1) is 0 Å². The Morgan fingerprint density at radius 2 is 1.50 bits per heavy atom. The molecule has 2 nitrogen and oxygen atoms in total. The molecule has 0 bridgehead atoms. The van der Waals surface area contributed by atoms with Crippen molar-refractivity contribution in [2.75, 3.05) is 13.2 Å². The van der Waals surface area contributed by atoms with Gasteiger partial charge in [-0.1, -0.05) is 82.2 Å². The van der Waals surface area contributed by atoms with Crippen molar-refractivity contribution in [1.82, 2.24) is 0 Å². The summed E-state index contributed by atoms with van der Waals surface area (Å²) in [5.74, 6) is 0.266. The predicted molar refractivity (Wildman–Crippen MR) is 93.2 cm³/mol. The first-order chi connectivity index (χ1) is 10.8. The van der Waals surface area contributed by atoms with Gasteiger partial charge in [-0.25, -0.2) is 0 Å². The third-order valence-electron chi connectivity index (χ3n) is 3.91. The molecule has 0 aliphatic rings. The highest BCUT2D eigenvalue weighted by Gasteiger charge is 2.03. The van der Waals surface area contributed by atoms with Crippen molar-refractivity contribution in [2.24, 2.45) is 0 Å². The topological polar surface area (TPSA) is 26.3 Å². The molecule has 2 heteroatoms. The first-order valence-corrected chi connectivity index (χ1v) is 8.96. The van der Waals surface area contributed by atoms with Crippen LogP contribution in [0.15, 0.2) is 30.3 Å². The molecular weight excluding hydrogens is 272 g/mol. The van der Waals surface area contributed by atoms with Crippen molar-refractivity contribution in [3.8, 4) is 0 Å². The molecule has 0 atom stereocenters. The Bertz CT molecular complexity index is 373. The van der Waals surface area contributed by atoms with Gasteiger partial charge in [0.1, 0.15) is 5.78 Å². The van der Waals surface area contributed by atoms with E-state index in [0.717, 1.165) is 18.6 Å². The molecule has 124 valence electrons. The van der Waals surface area contributed by atoms with Crippen LogP contribution >= 0.6 is 0 Å². The predicted octanol–water partition coefficient (Wildman–Crippen LogP) is 5.35. The van der Waals surface area contributed by atoms with E-state index in [1.165, 1.54) is 44.9 Å². The van der Waals surface area contributed by atoms with Crippen molar-refractivity contribution in [1.29, 1.82) is 0 Å². The van der Waals surface area contributed by atoms with E-state index < -0.39 is 0 Å². The number of benzene rings is 1. The normalized spacial score (nSPS) is 10.8. The maximum absolute atomic E-state index is 11.8. The summed E-state index contributed by atoms with van der Waals surface area (Å²) in [4.78, 5) is 11.8. The van der Waals surface area contributed by atoms with Crippen molar-refractivity contribution >= 4 is 5.78 Å². The zero-order chi connectivity index (χ0) is 15.9. The van der Waals surface area contributed by atoms with E-state index in [2.05, 4.69) is 6.92 Å². The molecule has 0 aromatic heterocycles. The van der Waals surface area contributed by atoms with Crippen LogP contribution in [0.25, 0.3) is 0 Å². The van der Waals surface area contributed by atoms with Gasteiger partial charge in [-0.3, -0.25) is 4.79 Å². The van der Waals surface area contributed by atoms with Crippen molar-refractivity contribution < 1.29 is 9.53 Å². The zero-order valence-corrected chi connectivity index (χ0v) is 14.2. The summed E-state index contributed by atoms with van der Waals surface area (Å²) in [7, 11) is 0. The minimum atomic E-state index is 0.266. The molecular formula is C20H32O2. The van der Waals surface area contributed by atoms with E-state index in [-0.39, 0.29) is 5.78 Å². The SMILES string of the molecule is CCCCCCCCCCOCCC(=O)Cc1ccccc1. The van der Waals surface area contributed by atoms with Crippen molar-refractivity contribution in [3.05, 3.63) is 35.9 Å². The number of hydrogen-bond donors (Lipinski definition) is 0. The first-order valence-electron chi connectivity index (χ1n) is 8.96. The van der Waals surface area contributed by atoms with E-state index in [0.29, 0.717) is 19.4 Å². The van der Waals surface area contributed by atoms with E-state index in [9.17, 15) is 4.79 Å². The summed E-state index contributed by atoms with van der Waals surface area (Å²) >= 11 is 0. The molecule has 0 aliphatic heterocycles. The van der Waals surface area contributed by atoms with Gasteiger partial charge in [0, 0.05) is 19.4 Å². The van der Waals surface area contributed by atoms with Crippen molar-refractivity contribution in [3.63, 3.8) is 0 Å². The molecule has 0 N–H and O–H groups in total. The molecule has 0 heterocycles. The minimum absolute atomic E-state index is 0.266. The van der Waals surface area contributed by atoms with E-state index in [1.54, 1.807) is 0 Å². The quantitative estimate of drug-likeness (QED) is 0.433. The lowest BCUT2D eigenvalue weighted by atomic mass is 10.1. The Labute approximate surface area is 136 Å². The van der Waals surface area contributed by atoms with Gasteiger partial charge in [-0.15, -0.1) is 0 Å². The minimum Gasteiger partial charge on any atom is -0.381 e. The van der Waals surface area contributed by atoms with Crippen molar-refractivity contribution in [2.45, 2.75) is 71.1 Å². The average Bonchev–Trinajstić information content (AvgIpc) is 2.53. The third kappa shape index (κ3) is 10.6. The lowest BCUT2D eigenvalue weighted by molar-refractivity contribution is -0.119. The van der Waals surface area contributed by atoms with Gasteiger partial charge in [0.25, 0.3) is 0 Å². The number of hydrogen-bond acceptors (Lipinski definition) is 2. The van der Waals surface area contributed by atoms with Gasteiger partial charge in [-0.2, -0.15) is 0 Å². The highest BCUT2D eigenvalue weighted by molar-refractivity contribution is 5.80. The van der Waals surface area contributed by atoms with Gasteiger partial charge < -0.3 is 4.74 Å². The van der Waals surface area contributed by atoms with Crippen LogP contribution in [-0.4, -0.2) is 19.0 Å². The second kappa shape index (κ2) is 13.5. The number of ketones is 1. The lowest BCUT2D eigenvalue weighted by Crippen LogP contribution is -2.07. The van der Waals surface area contributed by atoms with Crippen LogP contribution in [0.3, 0.4) is 0 Å². The molecule has 0 saturated carbocycles. The number of carbonyl (C=O) groups excluding carboxylic acids is 1. The van der Waals surface area contributed by atoms with Crippen LogP contribution in [0.2, 0.25) is 0 Å². The Morgan fingerprint density at radius 3 is 2.18 bits per heavy atom. The van der Waals surface area contributed by atoms with E-state index >= 15 is 0 Å². The van der Waals surface area contributed by atoms with Crippen LogP contribution in [0.4, 0.5) is 0 Å². The summed E-state index contributed by atoms with van der Waals surface area (Å²) in [6.07, 6.45) is 11.6. The van der Waals surface area contributed by atoms with Gasteiger partial charge in [0.15, 0.2) is 0 Å². The van der Waals surface area contributed by atoms with Crippen LogP contribution in [-0.2, 0) is 16.0 Å². The Balaban J connectivity index is 1.86. The number of unbranched alkanes of at least 4 members (excludes halogenated alkanes) is 7. The van der Waals surface area contributed by atoms with E-state index in [4.69, 9.17) is 4.74 Å². The standard InChI is InChI=1S/C20H32O2/c1-2-3-4-5-6-7-8-12-16-22-17-15-20(21)18-19-13-10-9-11-14-19/h9-11,13-14H,2-8,12,15-18H2,1H3. The Morgan fingerprint density at radius 1 is 0.864 bits per heavy atom. The molecule has 0 saturated heterocycles. The molecule has 0 aliphatic carbocycles. The second-order valence-electron chi connectivity index (χ2n) is 6.04. The van der Waals surface area contributed by atoms with Crippen LogP contribution in [0.1, 0.15) is 70.3 Å². The fourth-order valence-corrected chi connectivity index (χ4v) is 2.54. The summed E-state index contributed by atoms with van der Waals surface area (Å²) in [5, 5.41) is 0. The van der Waals surface area contributed by atoms with Crippen LogP contribution in [0.5, 0.6) is 0 Å². The molecule has 22 heavy (non-hydrogen) atoms. The van der Waals surface area contributed by atoms with Crippen LogP contribution < -0.4 is 0 Å². The average molecular weight is 304 g/mol. The fraction of sp³-hybridized carbons (Fsp3) is 0.650. The number of Topliss-reactive ketones (excluding diaryl/α,β-unsaturated/α-hetero) is 1. The molecule has 1 aromatic carbocycles. The molecule has 0 radical (unpaired) electrons. The van der Waals surface area contributed by atoms with Gasteiger partial charge in [0.05, 0.1) is 6.61 Å². The largest absolute Gasteiger partial charge is 0.381 e. The Hall–Kier alpha value is -1.15. The summed E-state index contributed by atoms with van der Waals surface area (Å²) in [6.45, 7) is 3.62. The molecule has 0 amide bonds. The maximum atomic E-state index is 11.8. The zero-order valence-electron chi connectivity index (χ0n) is 14.2. The second-order valence-corrected chi connectivity index (χ2v) is 6.04.